The van der Waals surface area contributed by atoms with Crippen LogP contribution in [0.2, 0.25) is 0 Å². The second-order valence-corrected chi connectivity index (χ2v) is 5.29. The van der Waals surface area contributed by atoms with Gasteiger partial charge < -0.3 is 5.11 Å². The molecule has 90 valence electrons. The molecule has 0 aliphatic heterocycles. The second kappa shape index (κ2) is 6.05. The maximum atomic E-state index is 9.30. The molecule has 1 unspecified atom stereocenters. The van der Waals surface area contributed by atoms with Crippen LogP contribution in [0.4, 0.5) is 0 Å². The minimum absolute atomic E-state index is 0.281. The zero-order valence-electron chi connectivity index (χ0n) is 10.9. The summed E-state index contributed by atoms with van der Waals surface area (Å²) in [5, 5.41) is 9.30. The topological polar surface area (TPSA) is 20.2 Å². The Bertz CT molecular complexity index is 298. The second-order valence-electron chi connectivity index (χ2n) is 5.29. The van der Waals surface area contributed by atoms with Gasteiger partial charge in [0.25, 0.3) is 0 Å². The van der Waals surface area contributed by atoms with Crippen molar-refractivity contribution in [3.63, 3.8) is 0 Å². The SMILES string of the molecule is CC(C)c1ccc(CC(CO)C(C)C)cc1. The molecule has 1 heteroatoms. The zero-order chi connectivity index (χ0) is 12.1. The maximum Gasteiger partial charge on any atom is 0.0464 e. The molecule has 16 heavy (non-hydrogen) atoms. The van der Waals surface area contributed by atoms with Crippen molar-refractivity contribution >= 4 is 0 Å². The molecule has 0 spiro atoms. The van der Waals surface area contributed by atoms with Crippen molar-refractivity contribution in [2.45, 2.75) is 40.0 Å². The highest BCUT2D eigenvalue weighted by atomic mass is 16.3. The van der Waals surface area contributed by atoms with Crippen molar-refractivity contribution in [3.05, 3.63) is 35.4 Å². The molecule has 1 rings (SSSR count). The van der Waals surface area contributed by atoms with E-state index in [-0.39, 0.29) is 6.61 Å². The van der Waals surface area contributed by atoms with Gasteiger partial charge in [-0.1, -0.05) is 52.0 Å². The van der Waals surface area contributed by atoms with Crippen molar-refractivity contribution < 1.29 is 5.11 Å². The van der Waals surface area contributed by atoms with Gasteiger partial charge in [-0.05, 0) is 35.3 Å². The first kappa shape index (κ1) is 13.2. The van der Waals surface area contributed by atoms with E-state index in [1.54, 1.807) is 0 Å². The van der Waals surface area contributed by atoms with Crippen molar-refractivity contribution in [3.8, 4) is 0 Å². The zero-order valence-corrected chi connectivity index (χ0v) is 10.9. The van der Waals surface area contributed by atoms with Gasteiger partial charge in [-0.3, -0.25) is 0 Å². The van der Waals surface area contributed by atoms with Crippen molar-refractivity contribution in [1.29, 1.82) is 0 Å². The van der Waals surface area contributed by atoms with Crippen molar-refractivity contribution in [2.75, 3.05) is 6.61 Å². The molecule has 0 amide bonds. The lowest BCUT2D eigenvalue weighted by Crippen LogP contribution is -2.16. The van der Waals surface area contributed by atoms with Crippen LogP contribution in [-0.2, 0) is 6.42 Å². The number of hydrogen-bond donors (Lipinski definition) is 1. The lowest BCUT2D eigenvalue weighted by molar-refractivity contribution is 0.189. The number of benzene rings is 1. The predicted molar refractivity (Wildman–Crippen MR) is 69.6 cm³/mol. The molecule has 1 N–H and O–H groups in total. The lowest BCUT2D eigenvalue weighted by atomic mass is 9.89. The summed E-state index contributed by atoms with van der Waals surface area (Å²) in [4.78, 5) is 0. The third-order valence-corrected chi connectivity index (χ3v) is 3.32. The fraction of sp³-hybridized carbons (Fsp3) is 0.600. The summed E-state index contributed by atoms with van der Waals surface area (Å²) in [5.41, 5.74) is 2.71. The Kier molecular flexibility index (Phi) is 5.01. The van der Waals surface area contributed by atoms with E-state index in [9.17, 15) is 5.11 Å². The molecule has 0 bridgehead atoms. The molecule has 1 aromatic carbocycles. The Balaban J connectivity index is 2.67. The van der Waals surface area contributed by atoms with Gasteiger partial charge in [-0.2, -0.15) is 0 Å². The van der Waals surface area contributed by atoms with Gasteiger partial charge in [-0.15, -0.1) is 0 Å². The van der Waals surface area contributed by atoms with Gasteiger partial charge in [-0.25, -0.2) is 0 Å². The third-order valence-electron chi connectivity index (χ3n) is 3.32. The van der Waals surface area contributed by atoms with Crippen LogP contribution in [0.3, 0.4) is 0 Å². The maximum absolute atomic E-state index is 9.30. The lowest BCUT2D eigenvalue weighted by Gasteiger charge is -2.18. The number of rotatable bonds is 5. The average Bonchev–Trinajstić information content (AvgIpc) is 2.26. The molecule has 1 nitrogen and oxygen atoms in total. The molecule has 1 atom stereocenters. The first-order valence-electron chi connectivity index (χ1n) is 6.24. The predicted octanol–water partition coefficient (Wildman–Crippen LogP) is 3.62. The number of aliphatic hydroxyl groups is 1. The quantitative estimate of drug-likeness (QED) is 0.803. The molecule has 0 saturated heterocycles. The van der Waals surface area contributed by atoms with E-state index in [1.165, 1.54) is 11.1 Å². The van der Waals surface area contributed by atoms with Crippen LogP contribution in [0.5, 0.6) is 0 Å². The highest BCUT2D eigenvalue weighted by Gasteiger charge is 2.12. The van der Waals surface area contributed by atoms with E-state index in [2.05, 4.69) is 52.0 Å². The first-order chi connectivity index (χ1) is 7.54. The summed E-state index contributed by atoms with van der Waals surface area (Å²) in [6.45, 7) is 9.04. The molecule has 0 aromatic heterocycles. The van der Waals surface area contributed by atoms with Crippen LogP contribution < -0.4 is 0 Å². The monoisotopic (exact) mass is 220 g/mol. The Morgan fingerprint density at radius 2 is 1.56 bits per heavy atom. The van der Waals surface area contributed by atoms with E-state index in [1.807, 2.05) is 0 Å². The molecule has 0 saturated carbocycles. The molecule has 0 radical (unpaired) electrons. The Morgan fingerprint density at radius 1 is 1.00 bits per heavy atom. The summed E-state index contributed by atoms with van der Waals surface area (Å²) in [5.74, 6) is 1.51. The molecule has 0 aliphatic rings. The van der Waals surface area contributed by atoms with Crippen LogP contribution in [0, 0.1) is 11.8 Å². The molecule has 1 aromatic rings. The average molecular weight is 220 g/mol. The van der Waals surface area contributed by atoms with Crippen molar-refractivity contribution in [2.24, 2.45) is 11.8 Å². The van der Waals surface area contributed by atoms with E-state index in [0.29, 0.717) is 17.8 Å². The van der Waals surface area contributed by atoms with Crippen LogP contribution in [0.15, 0.2) is 24.3 Å². The highest BCUT2D eigenvalue weighted by molar-refractivity contribution is 5.25. The largest absolute Gasteiger partial charge is 0.396 e. The van der Waals surface area contributed by atoms with Crippen LogP contribution in [0.25, 0.3) is 0 Å². The van der Waals surface area contributed by atoms with Gasteiger partial charge >= 0.3 is 0 Å². The van der Waals surface area contributed by atoms with E-state index in [4.69, 9.17) is 0 Å². The fourth-order valence-corrected chi connectivity index (χ4v) is 1.85. The van der Waals surface area contributed by atoms with E-state index in [0.717, 1.165) is 6.42 Å². The third kappa shape index (κ3) is 3.64. The summed E-state index contributed by atoms with van der Waals surface area (Å²) in [6.07, 6.45) is 0.979. The van der Waals surface area contributed by atoms with Gasteiger partial charge in [0.05, 0.1) is 0 Å². The smallest absolute Gasteiger partial charge is 0.0464 e. The molecule has 0 aliphatic carbocycles. The minimum Gasteiger partial charge on any atom is -0.396 e. The number of aliphatic hydroxyl groups excluding tert-OH is 1. The summed E-state index contributed by atoms with van der Waals surface area (Å²) in [7, 11) is 0. The summed E-state index contributed by atoms with van der Waals surface area (Å²) >= 11 is 0. The van der Waals surface area contributed by atoms with Gasteiger partial charge in [0.2, 0.25) is 0 Å². The Hall–Kier alpha value is -0.820. The van der Waals surface area contributed by atoms with Gasteiger partial charge in [0.1, 0.15) is 0 Å². The van der Waals surface area contributed by atoms with Crippen LogP contribution in [-0.4, -0.2) is 11.7 Å². The molecule has 0 fully saturated rings. The van der Waals surface area contributed by atoms with E-state index >= 15 is 0 Å². The normalized spacial score (nSPS) is 13.4. The molecule has 0 heterocycles. The highest BCUT2D eigenvalue weighted by Crippen LogP contribution is 2.19. The van der Waals surface area contributed by atoms with Gasteiger partial charge in [0, 0.05) is 6.61 Å². The first-order valence-corrected chi connectivity index (χ1v) is 6.24. The van der Waals surface area contributed by atoms with Crippen LogP contribution >= 0.6 is 0 Å². The standard InChI is InChI=1S/C15H24O/c1-11(2)14-7-5-13(6-8-14)9-15(10-16)12(3)4/h5-8,11-12,15-16H,9-10H2,1-4H3. The number of hydrogen-bond acceptors (Lipinski definition) is 1. The summed E-state index contributed by atoms with van der Waals surface area (Å²) in [6, 6.07) is 8.80. The van der Waals surface area contributed by atoms with Gasteiger partial charge in [0.15, 0.2) is 0 Å². The summed E-state index contributed by atoms with van der Waals surface area (Å²) < 4.78 is 0. The van der Waals surface area contributed by atoms with Crippen LogP contribution in [0.1, 0.15) is 44.7 Å². The van der Waals surface area contributed by atoms with Crippen molar-refractivity contribution in [1.82, 2.24) is 0 Å². The Morgan fingerprint density at radius 3 is 1.94 bits per heavy atom. The molecular formula is C15H24O. The minimum atomic E-state index is 0.281. The fourth-order valence-electron chi connectivity index (χ4n) is 1.85. The molecular weight excluding hydrogens is 196 g/mol. The Labute approximate surface area is 99.5 Å². The van der Waals surface area contributed by atoms with E-state index < -0.39 is 0 Å².